The number of hydrogen-bond acceptors (Lipinski definition) is 3. The Morgan fingerprint density at radius 2 is 2.17 bits per heavy atom. The smallest absolute Gasteiger partial charge is 0.277 e. The lowest BCUT2D eigenvalue weighted by Gasteiger charge is -2.37. The maximum absolute atomic E-state index is 13.0. The summed E-state index contributed by atoms with van der Waals surface area (Å²) < 4.78 is 0. The lowest BCUT2D eigenvalue weighted by atomic mass is 9.85. The number of likely N-dealkylation sites (tertiary alicyclic amines) is 1. The summed E-state index contributed by atoms with van der Waals surface area (Å²) in [7, 11) is 0. The minimum atomic E-state index is 0.0392. The molecule has 1 amide bonds. The number of hydrogen-bond donors (Lipinski definition) is 0. The van der Waals surface area contributed by atoms with E-state index in [0.717, 1.165) is 30.0 Å². The number of allylic oxidation sites excluding steroid dienone is 2. The van der Waals surface area contributed by atoms with E-state index in [1.54, 1.807) is 0 Å². The average Bonchev–Trinajstić information content (AvgIpc) is 3.11. The molecular weight excluding hydrogens is 340 g/mol. The fourth-order valence-corrected chi connectivity index (χ4v) is 4.64. The minimum Gasteiger partial charge on any atom is -0.311 e. The SMILES string of the molecule is O=C(c1csc(-c2cccc(Cl)c2)n1)N1CCCC2CCCC=C21. The molecular formula is C19H19ClN2OS. The molecule has 1 unspecified atom stereocenters. The number of rotatable bonds is 2. The van der Waals surface area contributed by atoms with Gasteiger partial charge in [-0.3, -0.25) is 4.79 Å². The molecule has 0 radical (unpaired) electrons. The molecule has 0 spiro atoms. The molecule has 5 heteroatoms. The fourth-order valence-electron chi connectivity index (χ4n) is 3.66. The van der Waals surface area contributed by atoms with Gasteiger partial charge in [0.25, 0.3) is 5.91 Å². The molecule has 0 N–H and O–H groups in total. The standard InChI is InChI=1S/C19H19ClN2OS/c20-15-8-3-6-14(11-15)18-21-16(12-24-18)19(23)22-10-4-7-13-5-1-2-9-17(13)22/h3,6,8-9,11-13H,1-2,4-5,7,10H2. The van der Waals surface area contributed by atoms with Crippen LogP contribution in [-0.2, 0) is 0 Å². The van der Waals surface area contributed by atoms with Gasteiger partial charge in [-0.15, -0.1) is 11.3 Å². The Bertz CT molecular complexity index is 798. The number of thiazole rings is 1. The van der Waals surface area contributed by atoms with Gasteiger partial charge < -0.3 is 4.90 Å². The number of piperidine rings is 1. The van der Waals surface area contributed by atoms with E-state index in [1.807, 2.05) is 34.5 Å². The molecule has 3 nitrogen and oxygen atoms in total. The van der Waals surface area contributed by atoms with Gasteiger partial charge >= 0.3 is 0 Å². The summed E-state index contributed by atoms with van der Waals surface area (Å²) in [5, 5.41) is 3.39. The van der Waals surface area contributed by atoms with E-state index < -0.39 is 0 Å². The molecule has 1 aliphatic heterocycles. The number of benzene rings is 1. The van der Waals surface area contributed by atoms with E-state index in [4.69, 9.17) is 11.6 Å². The number of carbonyl (C=O) groups is 1. The Morgan fingerprint density at radius 3 is 3.04 bits per heavy atom. The first-order valence-electron chi connectivity index (χ1n) is 8.46. The van der Waals surface area contributed by atoms with Crippen molar-refractivity contribution in [2.45, 2.75) is 32.1 Å². The van der Waals surface area contributed by atoms with Gasteiger partial charge in [0.2, 0.25) is 0 Å². The number of fused-ring (bicyclic) bond motifs is 1. The molecule has 1 saturated heterocycles. The van der Waals surface area contributed by atoms with E-state index in [2.05, 4.69) is 11.1 Å². The zero-order valence-electron chi connectivity index (χ0n) is 13.4. The van der Waals surface area contributed by atoms with E-state index >= 15 is 0 Å². The van der Waals surface area contributed by atoms with Gasteiger partial charge in [0.1, 0.15) is 10.7 Å². The lowest BCUT2D eigenvalue weighted by Crippen LogP contribution is -2.39. The molecule has 24 heavy (non-hydrogen) atoms. The van der Waals surface area contributed by atoms with Crippen molar-refractivity contribution in [3.05, 3.63) is 52.1 Å². The predicted octanol–water partition coefficient (Wildman–Crippen LogP) is 5.38. The Kier molecular flexibility index (Phi) is 4.42. The van der Waals surface area contributed by atoms with Crippen LogP contribution in [0.3, 0.4) is 0 Å². The molecule has 124 valence electrons. The second-order valence-corrected chi connectivity index (χ2v) is 7.70. The summed E-state index contributed by atoms with van der Waals surface area (Å²) in [5.74, 6) is 0.597. The maximum Gasteiger partial charge on any atom is 0.277 e. The van der Waals surface area contributed by atoms with Crippen molar-refractivity contribution in [2.75, 3.05) is 6.54 Å². The highest BCUT2D eigenvalue weighted by Crippen LogP contribution is 2.36. The second kappa shape index (κ2) is 6.69. The first kappa shape index (κ1) is 15.9. The van der Waals surface area contributed by atoms with E-state index in [0.29, 0.717) is 16.6 Å². The quantitative estimate of drug-likeness (QED) is 0.721. The zero-order valence-corrected chi connectivity index (χ0v) is 14.9. The molecule has 1 aromatic heterocycles. The normalized spacial score (nSPS) is 20.5. The Hall–Kier alpha value is -1.65. The average molecular weight is 359 g/mol. The molecule has 2 heterocycles. The van der Waals surface area contributed by atoms with Crippen molar-refractivity contribution < 1.29 is 4.79 Å². The number of nitrogens with zero attached hydrogens (tertiary/aromatic N) is 2. The monoisotopic (exact) mass is 358 g/mol. The van der Waals surface area contributed by atoms with Crippen LogP contribution < -0.4 is 0 Å². The summed E-state index contributed by atoms with van der Waals surface area (Å²) >= 11 is 7.55. The largest absolute Gasteiger partial charge is 0.311 e. The first-order valence-corrected chi connectivity index (χ1v) is 9.71. The van der Waals surface area contributed by atoms with Gasteiger partial charge in [0, 0.05) is 28.2 Å². The molecule has 0 bridgehead atoms. The minimum absolute atomic E-state index is 0.0392. The summed E-state index contributed by atoms with van der Waals surface area (Å²) in [6.45, 7) is 0.811. The van der Waals surface area contributed by atoms with Crippen LogP contribution in [0.1, 0.15) is 42.6 Å². The zero-order chi connectivity index (χ0) is 16.5. The fraction of sp³-hybridized carbons (Fsp3) is 0.368. The van der Waals surface area contributed by atoms with Crippen molar-refractivity contribution >= 4 is 28.8 Å². The molecule has 1 atom stereocenters. The summed E-state index contributed by atoms with van der Waals surface area (Å²) in [6.07, 6.45) is 8.08. The highest BCUT2D eigenvalue weighted by molar-refractivity contribution is 7.13. The highest BCUT2D eigenvalue weighted by atomic mass is 35.5. The predicted molar refractivity (Wildman–Crippen MR) is 98.3 cm³/mol. The van der Waals surface area contributed by atoms with Gasteiger partial charge in [0.05, 0.1) is 0 Å². The summed E-state index contributed by atoms with van der Waals surface area (Å²) in [6, 6.07) is 7.60. The van der Waals surface area contributed by atoms with Crippen LogP contribution in [0.4, 0.5) is 0 Å². The van der Waals surface area contributed by atoms with Crippen LogP contribution in [0.5, 0.6) is 0 Å². The van der Waals surface area contributed by atoms with E-state index in [-0.39, 0.29) is 5.91 Å². The third-order valence-corrected chi connectivity index (χ3v) is 5.94. The van der Waals surface area contributed by atoms with Crippen molar-refractivity contribution in [3.8, 4) is 10.6 Å². The van der Waals surface area contributed by atoms with E-state index in [9.17, 15) is 4.79 Å². The van der Waals surface area contributed by atoms with Gasteiger partial charge in [0.15, 0.2) is 0 Å². The van der Waals surface area contributed by atoms with Crippen LogP contribution in [-0.4, -0.2) is 22.3 Å². The van der Waals surface area contributed by atoms with E-state index in [1.165, 1.54) is 36.3 Å². The molecule has 2 aliphatic rings. The summed E-state index contributed by atoms with van der Waals surface area (Å²) in [5.41, 5.74) is 2.73. The van der Waals surface area contributed by atoms with Crippen molar-refractivity contribution in [1.29, 1.82) is 0 Å². The molecule has 4 rings (SSSR count). The Labute approximate surface area is 151 Å². The third kappa shape index (κ3) is 3.01. The lowest BCUT2D eigenvalue weighted by molar-refractivity contribution is 0.0744. The van der Waals surface area contributed by atoms with Crippen LogP contribution >= 0.6 is 22.9 Å². The van der Waals surface area contributed by atoms with Gasteiger partial charge in [-0.2, -0.15) is 0 Å². The van der Waals surface area contributed by atoms with Gasteiger partial charge in [-0.25, -0.2) is 4.98 Å². The maximum atomic E-state index is 13.0. The van der Waals surface area contributed by atoms with Crippen molar-refractivity contribution in [1.82, 2.24) is 9.88 Å². The third-order valence-electron chi connectivity index (χ3n) is 4.81. The number of halogens is 1. The summed E-state index contributed by atoms with van der Waals surface area (Å²) in [4.78, 5) is 19.5. The molecule has 1 fully saturated rings. The number of aromatic nitrogens is 1. The van der Waals surface area contributed by atoms with Gasteiger partial charge in [-0.05, 0) is 50.2 Å². The second-order valence-electron chi connectivity index (χ2n) is 6.40. The first-order chi connectivity index (χ1) is 11.7. The van der Waals surface area contributed by atoms with Crippen LogP contribution in [0, 0.1) is 5.92 Å². The number of carbonyl (C=O) groups excluding carboxylic acids is 1. The van der Waals surface area contributed by atoms with Crippen molar-refractivity contribution in [3.63, 3.8) is 0 Å². The highest BCUT2D eigenvalue weighted by Gasteiger charge is 2.31. The van der Waals surface area contributed by atoms with Crippen LogP contribution in [0.2, 0.25) is 5.02 Å². The van der Waals surface area contributed by atoms with Crippen LogP contribution in [0.25, 0.3) is 10.6 Å². The molecule has 1 aromatic carbocycles. The number of amides is 1. The molecule has 0 saturated carbocycles. The van der Waals surface area contributed by atoms with Gasteiger partial charge in [-0.1, -0.05) is 29.8 Å². The Morgan fingerprint density at radius 1 is 1.29 bits per heavy atom. The Balaban J connectivity index is 1.60. The molecule has 1 aliphatic carbocycles. The molecule has 2 aromatic rings. The van der Waals surface area contributed by atoms with Crippen molar-refractivity contribution in [2.24, 2.45) is 5.92 Å². The van der Waals surface area contributed by atoms with Crippen LogP contribution in [0.15, 0.2) is 41.4 Å². The topological polar surface area (TPSA) is 33.2 Å².